The highest BCUT2D eigenvalue weighted by atomic mass is 32.2. The fourth-order valence-electron chi connectivity index (χ4n) is 4.00. The molecule has 1 fully saturated rings. The number of thiophene rings is 1. The molecule has 160 valence electrons. The fraction of sp³-hybridized carbons (Fsp3) is 0.429. The Balaban J connectivity index is 1.61. The summed E-state index contributed by atoms with van der Waals surface area (Å²) in [5.41, 5.74) is 2.19. The van der Waals surface area contributed by atoms with Crippen LogP contribution in [0.15, 0.2) is 29.2 Å². The number of nitrogens with one attached hydrogen (secondary N) is 2. The molecule has 1 aromatic carbocycles. The molecule has 9 heteroatoms. The van der Waals surface area contributed by atoms with Crippen molar-refractivity contribution in [3.8, 4) is 0 Å². The molecule has 7 nitrogen and oxygen atoms in total. The van der Waals surface area contributed by atoms with Gasteiger partial charge in [-0.3, -0.25) is 9.52 Å². The Morgan fingerprint density at radius 3 is 2.63 bits per heavy atom. The third kappa shape index (κ3) is 4.09. The quantitative estimate of drug-likeness (QED) is 0.661. The van der Waals surface area contributed by atoms with E-state index >= 15 is 0 Å². The van der Waals surface area contributed by atoms with Crippen molar-refractivity contribution in [1.82, 2.24) is 5.32 Å². The highest BCUT2D eigenvalue weighted by Gasteiger charge is 2.29. The average molecular weight is 449 g/mol. The third-order valence-corrected chi connectivity index (χ3v) is 8.22. The monoisotopic (exact) mass is 448 g/mol. The van der Waals surface area contributed by atoms with E-state index in [1.807, 2.05) is 0 Å². The van der Waals surface area contributed by atoms with Gasteiger partial charge < -0.3 is 10.1 Å². The van der Waals surface area contributed by atoms with Crippen LogP contribution in [-0.4, -0.2) is 33.4 Å². The highest BCUT2D eigenvalue weighted by molar-refractivity contribution is 7.93. The zero-order valence-corrected chi connectivity index (χ0v) is 18.3. The zero-order chi connectivity index (χ0) is 21.3. The van der Waals surface area contributed by atoms with Gasteiger partial charge in [0, 0.05) is 23.8 Å². The number of aryl methyl sites for hydroxylation is 1. The van der Waals surface area contributed by atoms with Crippen LogP contribution < -0.4 is 10.0 Å². The van der Waals surface area contributed by atoms with Gasteiger partial charge in [-0.1, -0.05) is 12.1 Å². The van der Waals surface area contributed by atoms with Crippen molar-refractivity contribution in [2.75, 3.05) is 17.9 Å². The molecule has 1 aliphatic heterocycles. The van der Waals surface area contributed by atoms with Crippen molar-refractivity contribution >= 4 is 38.2 Å². The minimum atomic E-state index is -3.86. The maximum Gasteiger partial charge on any atom is 0.341 e. The van der Waals surface area contributed by atoms with Crippen LogP contribution >= 0.6 is 11.3 Å². The van der Waals surface area contributed by atoms with Gasteiger partial charge in [0.05, 0.1) is 17.1 Å². The number of ether oxygens (including phenoxy) is 1. The molecule has 0 bridgehead atoms. The Morgan fingerprint density at radius 2 is 1.97 bits per heavy atom. The van der Waals surface area contributed by atoms with E-state index in [0.29, 0.717) is 23.5 Å². The first-order valence-corrected chi connectivity index (χ1v) is 12.4. The van der Waals surface area contributed by atoms with E-state index < -0.39 is 16.0 Å². The Kier molecular flexibility index (Phi) is 5.84. The summed E-state index contributed by atoms with van der Waals surface area (Å²) in [5.74, 6) is -0.420. The molecule has 1 atom stereocenters. The number of hydrogen-bond acceptors (Lipinski definition) is 6. The topological polar surface area (TPSA) is 102 Å². The molecule has 2 aliphatic rings. The molecule has 2 N–H and O–H groups in total. The summed E-state index contributed by atoms with van der Waals surface area (Å²) in [5, 5.41) is 3.11. The number of anilines is 1. The van der Waals surface area contributed by atoms with Gasteiger partial charge in [0.2, 0.25) is 5.91 Å². The standard InChI is InChI=1S/C21H24N2O5S2/c1-2-28-21(25)19-16-5-3-4-6-17(16)29-20(19)23-30(26,27)15-9-7-13(8-10-15)14-11-18(24)22-12-14/h7-10,14,23H,2-6,11-12H2,1H3,(H,22,24)/t14-/m1/s1. The van der Waals surface area contributed by atoms with Gasteiger partial charge >= 0.3 is 5.97 Å². The van der Waals surface area contributed by atoms with Gasteiger partial charge in [0.1, 0.15) is 5.00 Å². The van der Waals surface area contributed by atoms with E-state index in [0.717, 1.165) is 41.7 Å². The van der Waals surface area contributed by atoms with Crippen LogP contribution in [0.3, 0.4) is 0 Å². The Bertz CT molecular complexity index is 1070. The lowest BCUT2D eigenvalue weighted by Crippen LogP contribution is -2.16. The molecule has 2 heterocycles. The lowest BCUT2D eigenvalue weighted by Gasteiger charge is -2.13. The van der Waals surface area contributed by atoms with E-state index in [1.54, 1.807) is 19.1 Å². The largest absolute Gasteiger partial charge is 0.462 e. The van der Waals surface area contributed by atoms with Crippen molar-refractivity contribution < 1.29 is 22.7 Å². The highest BCUT2D eigenvalue weighted by Crippen LogP contribution is 2.39. The molecule has 0 spiro atoms. The Hall–Kier alpha value is -2.39. The van der Waals surface area contributed by atoms with Gasteiger partial charge in [-0.2, -0.15) is 0 Å². The molecular formula is C21H24N2O5S2. The van der Waals surface area contributed by atoms with Crippen LogP contribution in [0.2, 0.25) is 0 Å². The Labute approximate surface area is 179 Å². The number of rotatable bonds is 6. The second-order valence-corrected chi connectivity index (χ2v) is 10.3. The molecule has 1 saturated heterocycles. The molecule has 0 radical (unpaired) electrons. The summed E-state index contributed by atoms with van der Waals surface area (Å²) in [4.78, 5) is 25.1. The number of hydrogen-bond donors (Lipinski definition) is 2. The third-order valence-electron chi connectivity index (χ3n) is 5.52. The first-order chi connectivity index (χ1) is 14.4. The van der Waals surface area contributed by atoms with E-state index in [9.17, 15) is 18.0 Å². The van der Waals surface area contributed by atoms with Gasteiger partial charge in [-0.25, -0.2) is 13.2 Å². The van der Waals surface area contributed by atoms with Crippen LogP contribution in [0.1, 0.15) is 58.5 Å². The normalized spacial score (nSPS) is 18.6. The van der Waals surface area contributed by atoms with Crippen LogP contribution in [0, 0.1) is 0 Å². The molecule has 4 rings (SSSR count). The van der Waals surface area contributed by atoms with Crippen molar-refractivity contribution in [2.24, 2.45) is 0 Å². The summed E-state index contributed by atoms with van der Waals surface area (Å²) in [6.07, 6.45) is 4.01. The second-order valence-electron chi connectivity index (χ2n) is 7.52. The van der Waals surface area contributed by atoms with E-state index in [-0.39, 0.29) is 23.3 Å². The molecule has 30 heavy (non-hydrogen) atoms. The number of amides is 1. The van der Waals surface area contributed by atoms with Crippen molar-refractivity contribution in [3.05, 3.63) is 45.8 Å². The minimum absolute atomic E-state index is 0.00604. The molecular weight excluding hydrogens is 424 g/mol. The number of carbonyl (C=O) groups excluding carboxylic acids is 2. The summed E-state index contributed by atoms with van der Waals surface area (Å²) in [6.45, 7) is 2.53. The first kappa shape index (κ1) is 20.9. The molecule has 2 aromatic rings. The average Bonchev–Trinajstić information content (AvgIpc) is 3.31. The number of benzene rings is 1. The Morgan fingerprint density at radius 1 is 1.23 bits per heavy atom. The molecule has 1 aliphatic carbocycles. The van der Waals surface area contributed by atoms with Gasteiger partial charge in [0.15, 0.2) is 0 Å². The molecule has 0 unspecified atom stereocenters. The second kappa shape index (κ2) is 8.39. The summed E-state index contributed by atoms with van der Waals surface area (Å²) in [7, 11) is -3.86. The van der Waals surface area contributed by atoms with Crippen LogP contribution in [-0.2, 0) is 32.4 Å². The van der Waals surface area contributed by atoms with E-state index in [1.165, 1.54) is 23.5 Å². The molecule has 1 aromatic heterocycles. The number of carbonyl (C=O) groups is 2. The predicted octanol–water partition coefficient (Wildman–Crippen LogP) is 3.21. The van der Waals surface area contributed by atoms with Crippen molar-refractivity contribution in [2.45, 2.75) is 49.8 Å². The molecule has 1 amide bonds. The van der Waals surface area contributed by atoms with E-state index in [4.69, 9.17) is 4.74 Å². The SMILES string of the molecule is CCOC(=O)c1c(NS(=O)(=O)c2ccc([C@H]3CNC(=O)C3)cc2)sc2c1CCCC2. The lowest BCUT2D eigenvalue weighted by molar-refractivity contribution is -0.119. The van der Waals surface area contributed by atoms with Crippen LogP contribution in [0.25, 0.3) is 0 Å². The maximum atomic E-state index is 13.0. The van der Waals surface area contributed by atoms with Crippen LogP contribution in [0.4, 0.5) is 5.00 Å². The van der Waals surface area contributed by atoms with Gasteiger partial charge in [-0.15, -0.1) is 11.3 Å². The number of fused-ring (bicyclic) bond motifs is 1. The zero-order valence-electron chi connectivity index (χ0n) is 16.7. The van der Waals surface area contributed by atoms with Gasteiger partial charge in [-0.05, 0) is 55.9 Å². The van der Waals surface area contributed by atoms with E-state index in [2.05, 4.69) is 10.0 Å². The number of sulfonamides is 1. The summed E-state index contributed by atoms with van der Waals surface area (Å²) >= 11 is 1.32. The fourth-order valence-corrected chi connectivity index (χ4v) is 6.58. The minimum Gasteiger partial charge on any atom is -0.462 e. The van der Waals surface area contributed by atoms with Crippen molar-refractivity contribution in [3.63, 3.8) is 0 Å². The van der Waals surface area contributed by atoms with Crippen LogP contribution in [0.5, 0.6) is 0 Å². The van der Waals surface area contributed by atoms with Gasteiger partial charge in [0.25, 0.3) is 10.0 Å². The predicted molar refractivity (Wildman–Crippen MR) is 115 cm³/mol. The lowest BCUT2D eigenvalue weighted by atomic mass is 9.95. The van der Waals surface area contributed by atoms with Crippen molar-refractivity contribution in [1.29, 1.82) is 0 Å². The summed E-state index contributed by atoms with van der Waals surface area (Å²) in [6, 6.07) is 6.56. The first-order valence-electron chi connectivity index (χ1n) is 10.1. The molecule has 0 saturated carbocycles. The maximum absolute atomic E-state index is 13.0. The smallest absolute Gasteiger partial charge is 0.341 e. The summed E-state index contributed by atoms with van der Waals surface area (Å²) < 4.78 is 33.8. The number of esters is 1.